The summed E-state index contributed by atoms with van der Waals surface area (Å²) in [5, 5.41) is 2.69. The number of alkyl carbamates (subject to hydrolysis) is 1. The fraction of sp³-hybridized carbons (Fsp3) is 0.440. The molecule has 0 spiro atoms. The fourth-order valence-corrected chi connectivity index (χ4v) is 6.31. The first-order valence-corrected chi connectivity index (χ1v) is 13.4. The normalized spacial score (nSPS) is 20.7. The van der Waals surface area contributed by atoms with Crippen LogP contribution < -0.4 is 5.32 Å². The average Bonchev–Trinajstić information content (AvgIpc) is 3.45. The number of nitrogens with one attached hydrogen (secondary N) is 1. The Bertz CT molecular complexity index is 1190. The van der Waals surface area contributed by atoms with Crippen molar-refractivity contribution < 1.29 is 27.5 Å². The summed E-state index contributed by atoms with van der Waals surface area (Å²) in [5.41, 5.74) is 0.892. The van der Waals surface area contributed by atoms with E-state index in [2.05, 4.69) is 10.3 Å². The zero-order valence-corrected chi connectivity index (χ0v) is 20.9. The molecule has 2 aliphatic heterocycles. The van der Waals surface area contributed by atoms with Crippen LogP contribution in [-0.2, 0) is 31.0 Å². The van der Waals surface area contributed by atoms with E-state index in [1.54, 1.807) is 0 Å². The smallest absolute Gasteiger partial charge is 0.407 e. The summed E-state index contributed by atoms with van der Waals surface area (Å²) in [6.45, 7) is 2.51. The van der Waals surface area contributed by atoms with Crippen LogP contribution in [0.25, 0.3) is 0 Å². The van der Waals surface area contributed by atoms with Crippen LogP contribution in [0.15, 0.2) is 59.8 Å². The SMILES string of the molecule is CC(CCNC(=O)OCc1ccccc1)CC(=O)N1CCC2C1C(=O)CN2S(=O)(=O)c1cccnc1. The van der Waals surface area contributed by atoms with Crippen molar-refractivity contribution in [1.82, 2.24) is 19.5 Å². The number of Topliss-reactive ketones (excluding diaryl/α,β-unsaturated/α-hetero) is 1. The third-order valence-electron chi connectivity index (χ3n) is 6.58. The highest BCUT2D eigenvalue weighted by Gasteiger charge is 2.53. The number of likely N-dealkylation sites (tertiary alicyclic amines) is 1. The number of benzene rings is 1. The number of sulfonamides is 1. The number of carbonyl (C=O) groups excluding carboxylic acids is 3. The zero-order valence-electron chi connectivity index (χ0n) is 20.1. The predicted molar refractivity (Wildman–Crippen MR) is 130 cm³/mol. The van der Waals surface area contributed by atoms with Crippen LogP contribution in [-0.4, -0.2) is 72.1 Å². The molecule has 2 aliphatic rings. The summed E-state index contributed by atoms with van der Waals surface area (Å²) < 4.78 is 32.5. The highest BCUT2D eigenvalue weighted by molar-refractivity contribution is 7.89. The van der Waals surface area contributed by atoms with E-state index in [1.165, 1.54) is 33.7 Å². The molecule has 2 aromatic rings. The third-order valence-corrected chi connectivity index (χ3v) is 8.44. The van der Waals surface area contributed by atoms with Crippen LogP contribution in [0.1, 0.15) is 31.7 Å². The van der Waals surface area contributed by atoms with Gasteiger partial charge in [-0.15, -0.1) is 0 Å². The first-order chi connectivity index (χ1) is 17.3. The molecule has 192 valence electrons. The number of hydrogen-bond donors (Lipinski definition) is 1. The van der Waals surface area contributed by atoms with E-state index >= 15 is 0 Å². The molecule has 2 saturated heterocycles. The van der Waals surface area contributed by atoms with Crippen LogP contribution in [0.5, 0.6) is 0 Å². The van der Waals surface area contributed by atoms with Gasteiger partial charge in [0.1, 0.15) is 17.5 Å². The Morgan fingerprint density at radius 2 is 1.97 bits per heavy atom. The Morgan fingerprint density at radius 1 is 1.19 bits per heavy atom. The van der Waals surface area contributed by atoms with Gasteiger partial charge in [0.25, 0.3) is 0 Å². The molecule has 10 nitrogen and oxygen atoms in total. The first-order valence-electron chi connectivity index (χ1n) is 12.0. The molecule has 3 heterocycles. The number of rotatable bonds is 9. The lowest BCUT2D eigenvalue weighted by Gasteiger charge is -2.25. The van der Waals surface area contributed by atoms with Crippen molar-refractivity contribution in [3.63, 3.8) is 0 Å². The van der Waals surface area contributed by atoms with Crippen molar-refractivity contribution in [3.05, 3.63) is 60.4 Å². The van der Waals surface area contributed by atoms with Crippen LogP contribution >= 0.6 is 0 Å². The van der Waals surface area contributed by atoms with E-state index in [0.717, 1.165) is 5.56 Å². The zero-order chi connectivity index (χ0) is 25.7. The summed E-state index contributed by atoms with van der Waals surface area (Å²) in [5.74, 6) is -0.498. The van der Waals surface area contributed by atoms with Gasteiger partial charge in [-0.3, -0.25) is 14.6 Å². The van der Waals surface area contributed by atoms with Crippen molar-refractivity contribution in [2.75, 3.05) is 19.6 Å². The number of hydrogen-bond acceptors (Lipinski definition) is 7. The molecule has 36 heavy (non-hydrogen) atoms. The Kier molecular flexibility index (Phi) is 8.00. The molecule has 0 bridgehead atoms. The summed E-state index contributed by atoms with van der Waals surface area (Å²) in [7, 11) is -3.88. The number of ether oxygens (including phenoxy) is 1. The summed E-state index contributed by atoms with van der Waals surface area (Å²) >= 11 is 0. The second kappa shape index (κ2) is 11.2. The molecule has 0 saturated carbocycles. The molecule has 1 N–H and O–H groups in total. The average molecular weight is 515 g/mol. The van der Waals surface area contributed by atoms with E-state index < -0.39 is 28.2 Å². The standard InChI is InChI=1S/C25H30N4O6S/c1-18(9-12-27-25(32)35-17-19-6-3-2-4-7-19)14-23(31)28-13-10-21-24(28)22(30)16-29(21)36(33,34)20-8-5-11-26-15-20/h2-8,11,15,18,21,24H,9-10,12-14,16-17H2,1H3,(H,27,32). The van der Waals surface area contributed by atoms with Crippen LogP contribution in [0.3, 0.4) is 0 Å². The van der Waals surface area contributed by atoms with Gasteiger partial charge in [-0.25, -0.2) is 13.2 Å². The van der Waals surface area contributed by atoms with Gasteiger partial charge in [0, 0.05) is 31.9 Å². The lowest BCUT2D eigenvalue weighted by Crippen LogP contribution is -2.44. The van der Waals surface area contributed by atoms with Gasteiger partial charge in [0.15, 0.2) is 5.78 Å². The summed E-state index contributed by atoms with van der Waals surface area (Å²) in [6.07, 6.45) is 3.39. The van der Waals surface area contributed by atoms with Crippen molar-refractivity contribution in [3.8, 4) is 0 Å². The maximum atomic E-state index is 13.1. The highest BCUT2D eigenvalue weighted by Crippen LogP contribution is 2.34. The predicted octanol–water partition coefficient (Wildman–Crippen LogP) is 1.97. The number of carbonyl (C=O) groups is 3. The number of fused-ring (bicyclic) bond motifs is 1. The maximum absolute atomic E-state index is 13.1. The Morgan fingerprint density at radius 3 is 2.69 bits per heavy atom. The maximum Gasteiger partial charge on any atom is 0.407 e. The Balaban J connectivity index is 1.25. The highest BCUT2D eigenvalue weighted by atomic mass is 32.2. The van der Waals surface area contributed by atoms with E-state index in [0.29, 0.717) is 25.9 Å². The first kappa shape index (κ1) is 25.8. The number of amides is 2. The van der Waals surface area contributed by atoms with Gasteiger partial charge in [-0.2, -0.15) is 4.31 Å². The Hall–Kier alpha value is -3.31. The van der Waals surface area contributed by atoms with Crippen LogP contribution in [0.2, 0.25) is 0 Å². The molecule has 1 aromatic carbocycles. The third kappa shape index (κ3) is 5.73. The molecule has 0 aliphatic carbocycles. The van der Waals surface area contributed by atoms with E-state index in [1.807, 2.05) is 37.3 Å². The van der Waals surface area contributed by atoms with Crippen molar-refractivity contribution in [1.29, 1.82) is 0 Å². The lowest BCUT2D eigenvalue weighted by molar-refractivity contribution is -0.137. The van der Waals surface area contributed by atoms with E-state index in [9.17, 15) is 22.8 Å². The Labute approximate surface area is 210 Å². The van der Waals surface area contributed by atoms with Gasteiger partial charge < -0.3 is 15.0 Å². The molecule has 0 radical (unpaired) electrons. The quantitative estimate of drug-likeness (QED) is 0.542. The summed E-state index contributed by atoms with van der Waals surface area (Å²) in [4.78, 5) is 43.1. The molecule has 3 unspecified atom stereocenters. The van der Waals surface area contributed by atoms with E-state index in [4.69, 9.17) is 4.74 Å². The largest absolute Gasteiger partial charge is 0.445 e. The van der Waals surface area contributed by atoms with Crippen molar-refractivity contribution in [2.45, 2.75) is 49.8 Å². The van der Waals surface area contributed by atoms with Crippen LogP contribution in [0.4, 0.5) is 4.79 Å². The van der Waals surface area contributed by atoms with Gasteiger partial charge in [0.05, 0.1) is 12.6 Å². The molecule has 2 fully saturated rings. The minimum atomic E-state index is -3.88. The molecule has 4 rings (SSSR count). The minimum Gasteiger partial charge on any atom is -0.445 e. The molecular weight excluding hydrogens is 484 g/mol. The van der Waals surface area contributed by atoms with Gasteiger partial charge in [0.2, 0.25) is 15.9 Å². The lowest BCUT2D eigenvalue weighted by atomic mass is 10.0. The second-order valence-corrected chi connectivity index (χ2v) is 11.1. The fourth-order valence-electron chi connectivity index (χ4n) is 4.72. The van der Waals surface area contributed by atoms with E-state index in [-0.39, 0.29) is 42.1 Å². The molecule has 3 atom stereocenters. The van der Waals surface area contributed by atoms with Gasteiger partial charge in [-0.1, -0.05) is 37.3 Å². The molecule has 2 amide bonds. The topological polar surface area (TPSA) is 126 Å². The minimum absolute atomic E-state index is 0.0339. The molecule has 11 heteroatoms. The molecule has 1 aromatic heterocycles. The van der Waals surface area contributed by atoms with Gasteiger partial charge in [-0.05, 0) is 36.5 Å². The number of nitrogens with zero attached hydrogens (tertiary/aromatic N) is 3. The summed E-state index contributed by atoms with van der Waals surface area (Å²) in [6, 6.07) is 11.0. The van der Waals surface area contributed by atoms with Crippen molar-refractivity contribution >= 4 is 27.8 Å². The van der Waals surface area contributed by atoms with Crippen LogP contribution in [0, 0.1) is 5.92 Å². The van der Waals surface area contributed by atoms with Crippen molar-refractivity contribution in [2.24, 2.45) is 5.92 Å². The number of pyridine rings is 1. The second-order valence-electron chi connectivity index (χ2n) is 9.18. The van der Waals surface area contributed by atoms with Gasteiger partial charge >= 0.3 is 6.09 Å². The number of ketones is 1. The number of aromatic nitrogens is 1. The molecular formula is C25H30N4O6S. The monoisotopic (exact) mass is 514 g/mol.